The van der Waals surface area contributed by atoms with Gasteiger partial charge in [0, 0.05) is 45.7 Å². The molecule has 0 aromatic heterocycles. The number of hydrazone groups is 1. The van der Waals surface area contributed by atoms with Gasteiger partial charge in [0.05, 0.1) is 20.9 Å². The number of hydrogen-bond donors (Lipinski definition) is 2. The fourth-order valence-corrected chi connectivity index (χ4v) is 8.23. The molecule has 0 spiro atoms. The van der Waals surface area contributed by atoms with Crippen LogP contribution in [0.15, 0.2) is 111 Å². The molecule has 0 radical (unpaired) electrons. The van der Waals surface area contributed by atoms with Gasteiger partial charge in [0.2, 0.25) is 5.91 Å². The molecule has 6 rings (SSSR count). The van der Waals surface area contributed by atoms with Crippen LogP contribution in [0, 0.1) is 0 Å². The number of benzene rings is 6. The Morgan fingerprint density at radius 1 is 0.695 bits per heavy atom. The van der Waals surface area contributed by atoms with Gasteiger partial charge >= 0.3 is 94.6 Å². The molecule has 6 aromatic carbocycles. The quantitative estimate of drug-likeness (QED) is 0.0208. The number of ether oxygens (including phenoxy) is 2. The van der Waals surface area contributed by atoms with Gasteiger partial charge in [0.1, 0.15) is 47.9 Å². The molecular formula is C36H26N3Na3O14S3. The molecule has 1 unspecified atom stereocenters. The summed E-state index contributed by atoms with van der Waals surface area (Å²) in [5, 5.41) is 4.81. The molecule has 59 heavy (non-hydrogen) atoms. The molecule has 2 N–H and O–H groups in total. The first-order chi connectivity index (χ1) is 26.3. The largest absolute Gasteiger partial charge is 1.00 e. The smallest absolute Gasteiger partial charge is 0.744 e. The van der Waals surface area contributed by atoms with Crippen LogP contribution >= 0.6 is 0 Å². The van der Waals surface area contributed by atoms with Crippen molar-refractivity contribution in [1.82, 2.24) is 10.7 Å². The average Bonchev–Trinajstić information content (AvgIpc) is 3.12. The molecule has 6 aromatic rings. The molecule has 290 valence electrons. The third kappa shape index (κ3) is 11.9. The van der Waals surface area contributed by atoms with Crippen LogP contribution in [0.4, 0.5) is 0 Å². The van der Waals surface area contributed by atoms with E-state index in [9.17, 15) is 53.3 Å². The minimum absolute atomic E-state index is 0. The fourth-order valence-electron chi connectivity index (χ4n) is 6.06. The monoisotopic (exact) mass is 889 g/mol. The van der Waals surface area contributed by atoms with Gasteiger partial charge in [-0.25, -0.2) is 35.5 Å². The van der Waals surface area contributed by atoms with E-state index in [0.29, 0.717) is 11.6 Å². The molecular weight excluding hydrogens is 864 g/mol. The van der Waals surface area contributed by atoms with Crippen molar-refractivity contribution >= 4 is 86.7 Å². The van der Waals surface area contributed by atoms with Crippen LogP contribution in [0.1, 0.15) is 18.1 Å². The predicted octanol–water partition coefficient (Wildman–Crippen LogP) is -6.51. The predicted molar refractivity (Wildman–Crippen MR) is 195 cm³/mol. The molecule has 0 aliphatic heterocycles. The summed E-state index contributed by atoms with van der Waals surface area (Å²) < 4.78 is 121. The molecule has 1 atom stereocenters. The van der Waals surface area contributed by atoms with Gasteiger partial charge in [-0.3, -0.25) is 9.59 Å². The van der Waals surface area contributed by atoms with Crippen LogP contribution in [-0.2, 0) is 51.2 Å². The number of nitrogens with one attached hydrogen (secondary N) is 2. The number of carbonyl (C=O) groups is 3. The Kier molecular flexibility index (Phi) is 17.3. The summed E-state index contributed by atoms with van der Waals surface area (Å²) in [4.78, 5) is 34.2. The summed E-state index contributed by atoms with van der Waals surface area (Å²) in [5.74, 6) is -2.19. The van der Waals surface area contributed by atoms with E-state index < -0.39 is 75.5 Å². The van der Waals surface area contributed by atoms with Crippen molar-refractivity contribution in [3.05, 3.63) is 102 Å². The first kappa shape index (κ1) is 50.3. The molecule has 0 saturated heterocycles. The Balaban J connectivity index is 0.00000310. The molecule has 0 aliphatic carbocycles. The number of esters is 1. The number of hydrogen-bond acceptors (Lipinski definition) is 15. The fraction of sp³-hybridized carbons (Fsp3) is 0.111. The van der Waals surface area contributed by atoms with E-state index in [-0.39, 0.29) is 139 Å². The summed E-state index contributed by atoms with van der Waals surface area (Å²) >= 11 is 0. The summed E-state index contributed by atoms with van der Waals surface area (Å²) in [6.07, 6.45) is 1.44. The maximum atomic E-state index is 12.8. The SMILES string of the molecule is CC(=O)NC(Cc1ccccc1)C(=O)Oc1ccc(/C=N\NC(=O)COc2cc(S(=O)(=O)[O-])c3ccc4c(S(=O)(=O)[O-])cc(S(=O)(=O)[O-])c5ccc2c3c54)cc1.[Na+].[Na+].[Na+]. The van der Waals surface area contributed by atoms with Crippen molar-refractivity contribution in [1.29, 1.82) is 0 Å². The Morgan fingerprint density at radius 3 is 1.69 bits per heavy atom. The first-order valence-electron chi connectivity index (χ1n) is 16.0. The van der Waals surface area contributed by atoms with E-state index in [2.05, 4.69) is 15.8 Å². The second-order valence-electron chi connectivity index (χ2n) is 12.2. The van der Waals surface area contributed by atoms with Gasteiger partial charge in [-0.2, -0.15) is 5.10 Å². The second kappa shape index (κ2) is 20.2. The normalized spacial score (nSPS) is 12.3. The average molecular weight is 890 g/mol. The molecule has 0 fully saturated rings. The Morgan fingerprint density at radius 2 is 1.19 bits per heavy atom. The topological polar surface area (TPSA) is 278 Å². The van der Waals surface area contributed by atoms with E-state index in [1.54, 1.807) is 24.3 Å². The third-order valence-corrected chi connectivity index (χ3v) is 11.0. The summed E-state index contributed by atoms with van der Waals surface area (Å²) in [6, 6.07) is 19.6. The van der Waals surface area contributed by atoms with Crippen LogP contribution in [0.2, 0.25) is 0 Å². The molecule has 0 saturated carbocycles. The van der Waals surface area contributed by atoms with Crippen molar-refractivity contribution in [3.63, 3.8) is 0 Å². The summed E-state index contributed by atoms with van der Waals surface area (Å²) in [5.41, 5.74) is 3.45. The van der Waals surface area contributed by atoms with Crippen molar-refractivity contribution < 1.29 is 151 Å². The van der Waals surface area contributed by atoms with E-state index in [0.717, 1.165) is 29.8 Å². The third-order valence-electron chi connectivity index (χ3n) is 8.36. The minimum atomic E-state index is -5.40. The zero-order chi connectivity index (χ0) is 40.6. The zero-order valence-corrected chi connectivity index (χ0v) is 40.1. The Bertz CT molecular complexity index is 2870. The van der Waals surface area contributed by atoms with E-state index >= 15 is 0 Å². The molecule has 0 heterocycles. The molecule has 0 bridgehead atoms. The van der Waals surface area contributed by atoms with Gasteiger partial charge in [-0.05, 0) is 53.6 Å². The standard InChI is InChI=1S/C36H29N3O14S3.3Na/c1-20(40)38-28(15-21-5-3-2-4-6-21)36(42)53-23-9-7-22(8-10-23)18-37-39-33(41)19-52-29-16-30(54(43,44)45)25-13-14-27-32(56(49,50)51)17-31(55(46,47)48)26-12-11-24(29)34(25)35(26)27;;;/h2-14,16-18,28H,15,19H2,1H3,(H,38,40)(H,39,41)(H,43,44,45)(H,46,47,48)(H,49,50,51);;;/q;3*+1/p-3/b37-18-;;;. The zero-order valence-electron chi connectivity index (χ0n) is 31.6. The van der Waals surface area contributed by atoms with Crippen LogP contribution in [0.3, 0.4) is 0 Å². The van der Waals surface area contributed by atoms with Gasteiger partial charge in [0.15, 0.2) is 6.61 Å². The van der Waals surface area contributed by atoms with Crippen LogP contribution in [0.25, 0.3) is 32.3 Å². The van der Waals surface area contributed by atoms with Gasteiger partial charge in [-0.15, -0.1) is 0 Å². The Hall–Kier alpha value is -3.03. The number of nitrogens with zero attached hydrogens (tertiary/aromatic N) is 1. The van der Waals surface area contributed by atoms with E-state index in [1.165, 1.54) is 43.5 Å². The van der Waals surface area contributed by atoms with Crippen molar-refractivity contribution in [3.8, 4) is 11.5 Å². The second-order valence-corrected chi connectivity index (χ2v) is 16.2. The van der Waals surface area contributed by atoms with Gasteiger partial charge in [-0.1, -0.05) is 48.5 Å². The van der Waals surface area contributed by atoms with Crippen LogP contribution in [-0.4, -0.2) is 75.6 Å². The minimum Gasteiger partial charge on any atom is -0.744 e. The number of rotatable bonds is 13. The van der Waals surface area contributed by atoms with Crippen molar-refractivity contribution in [2.24, 2.45) is 5.10 Å². The summed E-state index contributed by atoms with van der Waals surface area (Å²) in [7, 11) is -16.1. The van der Waals surface area contributed by atoms with Crippen molar-refractivity contribution in [2.75, 3.05) is 6.61 Å². The number of carbonyl (C=O) groups excluding carboxylic acids is 3. The molecule has 17 nitrogen and oxygen atoms in total. The van der Waals surface area contributed by atoms with E-state index in [1.807, 2.05) is 6.07 Å². The first-order valence-corrected chi connectivity index (χ1v) is 20.3. The molecule has 0 aliphatic rings. The van der Waals surface area contributed by atoms with Crippen LogP contribution < -0.4 is 109 Å². The van der Waals surface area contributed by atoms with Crippen molar-refractivity contribution in [2.45, 2.75) is 34.1 Å². The molecule has 23 heteroatoms. The summed E-state index contributed by atoms with van der Waals surface area (Å²) in [6.45, 7) is 0.469. The maximum absolute atomic E-state index is 12.8. The molecule has 2 amide bonds. The van der Waals surface area contributed by atoms with E-state index in [4.69, 9.17) is 9.47 Å². The maximum Gasteiger partial charge on any atom is 1.00 e. The van der Waals surface area contributed by atoms with Gasteiger partial charge < -0.3 is 28.4 Å². The number of amides is 2. The Labute approximate surface area is 403 Å². The van der Waals surface area contributed by atoms with Gasteiger partial charge in [0.25, 0.3) is 5.91 Å². The van der Waals surface area contributed by atoms with Crippen LogP contribution in [0.5, 0.6) is 11.5 Å².